The molecule has 0 saturated heterocycles. The SMILES string of the molecule is CCCCCCCCC(CO[SiH3])(C(C)C)C(C)C. The highest BCUT2D eigenvalue weighted by Gasteiger charge is 2.36. The Labute approximate surface area is 119 Å². The fourth-order valence-corrected chi connectivity index (χ4v) is 3.69. The van der Waals surface area contributed by atoms with Crippen LogP contribution in [0.15, 0.2) is 0 Å². The number of hydrogen-bond acceptors (Lipinski definition) is 1. The van der Waals surface area contributed by atoms with Gasteiger partial charge in [0.25, 0.3) is 0 Å². The Morgan fingerprint density at radius 1 is 0.889 bits per heavy atom. The Hall–Kier alpha value is 0.177. The molecular weight excluding hydrogens is 236 g/mol. The lowest BCUT2D eigenvalue weighted by Gasteiger charge is -2.41. The van der Waals surface area contributed by atoms with Crippen molar-refractivity contribution in [2.75, 3.05) is 6.61 Å². The van der Waals surface area contributed by atoms with Crippen LogP contribution in [0.2, 0.25) is 0 Å². The molecule has 0 aromatic carbocycles. The van der Waals surface area contributed by atoms with E-state index in [1.807, 2.05) is 0 Å². The van der Waals surface area contributed by atoms with E-state index in [-0.39, 0.29) is 0 Å². The lowest BCUT2D eigenvalue weighted by atomic mass is 9.66. The van der Waals surface area contributed by atoms with Crippen LogP contribution in [0.3, 0.4) is 0 Å². The van der Waals surface area contributed by atoms with Crippen molar-refractivity contribution < 1.29 is 4.43 Å². The molecule has 0 bridgehead atoms. The first kappa shape index (κ1) is 18.2. The average molecular weight is 273 g/mol. The molecule has 0 saturated carbocycles. The molecule has 0 N–H and O–H groups in total. The molecule has 0 aliphatic carbocycles. The minimum atomic E-state index is 0.409. The number of rotatable bonds is 11. The maximum Gasteiger partial charge on any atom is 0.145 e. The summed E-state index contributed by atoms with van der Waals surface area (Å²) in [5.74, 6) is 1.45. The summed E-state index contributed by atoms with van der Waals surface area (Å²) in [6.07, 6.45) is 9.72. The molecule has 1 nitrogen and oxygen atoms in total. The Balaban J connectivity index is 4.16. The van der Waals surface area contributed by atoms with Gasteiger partial charge in [0.15, 0.2) is 0 Å². The summed E-state index contributed by atoms with van der Waals surface area (Å²) in [6, 6.07) is 0. The van der Waals surface area contributed by atoms with Crippen molar-refractivity contribution in [2.24, 2.45) is 17.3 Å². The first-order valence-corrected chi connectivity index (χ1v) is 8.81. The normalized spacial score (nSPS) is 12.8. The zero-order chi connectivity index (χ0) is 14.0. The van der Waals surface area contributed by atoms with Crippen LogP contribution in [0.25, 0.3) is 0 Å². The zero-order valence-corrected chi connectivity index (χ0v) is 15.7. The van der Waals surface area contributed by atoms with Gasteiger partial charge in [-0.05, 0) is 23.7 Å². The van der Waals surface area contributed by atoms with Gasteiger partial charge in [0.05, 0.1) is 0 Å². The maximum atomic E-state index is 5.66. The van der Waals surface area contributed by atoms with Crippen LogP contribution in [0.1, 0.15) is 79.6 Å². The van der Waals surface area contributed by atoms with Gasteiger partial charge in [-0.25, -0.2) is 0 Å². The van der Waals surface area contributed by atoms with Crippen molar-refractivity contribution in [2.45, 2.75) is 79.6 Å². The van der Waals surface area contributed by atoms with E-state index in [0.29, 0.717) is 5.41 Å². The van der Waals surface area contributed by atoms with Crippen LogP contribution in [0.4, 0.5) is 0 Å². The van der Waals surface area contributed by atoms with E-state index in [1.54, 1.807) is 0 Å². The summed E-state index contributed by atoms with van der Waals surface area (Å²) in [5.41, 5.74) is 0.409. The van der Waals surface area contributed by atoms with E-state index in [0.717, 1.165) is 28.9 Å². The summed E-state index contributed by atoms with van der Waals surface area (Å²) in [6.45, 7) is 12.7. The van der Waals surface area contributed by atoms with Crippen molar-refractivity contribution >= 4 is 10.5 Å². The van der Waals surface area contributed by atoms with Gasteiger partial charge in [0, 0.05) is 6.61 Å². The Morgan fingerprint density at radius 3 is 1.83 bits per heavy atom. The van der Waals surface area contributed by atoms with Gasteiger partial charge in [0.2, 0.25) is 0 Å². The van der Waals surface area contributed by atoms with Gasteiger partial charge in [-0.15, -0.1) is 0 Å². The first-order chi connectivity index (χ1) is 8.51. The highest BCUT2D eigenvalue weighted by Crippen LogP contribution is 2.41. The average Bonchev–Trinajstić information content (AvgIpc) is 2.31. The topological polar surface area (TPSA) is 9.23 Å². The smallest absolute Gasteiger partial charge is 0.145 e. The molecule has 18 heavy (non-hydrogen) atoms. The quantitative estimate of drug-likeness (QED) is 0.402. The molecule has 0 fully saturated rings. The monoisotopic (exact) mass is 272 g/mol. The molecule has 2 heteroatoms. The Bertz CT molecular complexity index is 182. The largest absolute Gasteiger partial charge is 0.427 e. The van der Waals surface area contributed by atoms with Gasteiger partial charge < -0.3 is 4.43 Å². The predicted octanol–water partition coefficient (Wildman–Crippen LogP) is 4.33. The molecule has 0 spiro atoms. The molecular formula is C16H36OSi. The highest BCUT2D eigenvalue weighted by molar-refractivity contribution is 5.97. The Morgan fingerprint density at radius 2 is 1.39 bits per heavy atom. The molecule has 0 aliphatic heterocycles. The fourth-order valence-electron chi connectivity index (χ4n) is 3.15. The minimum absolute atomic E-state index is 0.409. The van der Waals surface area contributed by atoms with Gasteiger partial charge in [0.1, 0.15) is 10.5 Å². The molecule has 0 atom stereocenters. The van der Waals surface area contributed by atoms with Crippen LogP contribution in [0, 0.1) is 17.3 Å². The second kappa shape index (κ2) is 10.0. The molecule has 0 aromatic rings. The molecule has 0 rings (SSSR count). The molecule has 0 radical (unpaired) electrons. The third-order valence-corrected chi connectivity index (χ3v) is 5.00. The summed E-state index contributed by atoms with van der Waals surface area (Å²) in [7, 11) is 0.872. The van der Waals surface area contributed by atoms with Gasteiger partial charge >= 0.3 is 0 Å². The maximum absolute atomic E-state index is 5.66. The lowest BCUT2D eigenvalue weighted by Crippen LogP contribution is -2.37. The lowest BCUT2D eigenvalue weighted by molar-refractivity contribution is 0.0341. The second-order valence-corrected chi connectivity index (χ2v) is 7.07. The minimum Gasteiger partial charge on any atom is -0.427 e. The molecule has 0 amide bonds. The van der Waals surface area contributed by atoms with Gasteiger partial charge in [-0.1, -0.05) is 73.1 Å². The van der Waals surface area contributed by atoms with Crippen molar-refractivity contribution in [3.05, 3.63) is 0 Å². The van der Waals surface area contributed by atoms with Crippen LogP contribution in [-0.4, -0.2) is 17.1 Å². The molecule has 0 aliphatic rings. The second-order valence-electron chi connectivity index (χ2n) is 6.49. The zero-order valence-electron chi connectivity index (χ0n) is 13.7. The third-order valence-electron chi connectivity index (χ3n) is 4.71. The standard InChI is InChI=1S/C16H36OSi/c1-6-7-8-9-10-11-12-16(13-17-18,14(2)3)15(4)5/h14-15H,6-13H2,1-5,18H3. The summed E-state index contributed by atoms with van der Waals surface area (Å²) >= 11 is 0. The van der Waals surface area contributed by atoms with Crippen LogP contribution >= 0.6 is 0 Å². The van der Waals surface area contributed by atoms with Crippen molar-refractivity contribution in [3.8, 4) is 0 Å². The fraction of sp³-hybridized carbons (Fsp3) is 1.00. The molecule has 0 heterocycles. The molecule has 110 valence electrons. The summed E-state index contributed by atoms with van der Waals surface area (Å²) < 4.78 is 5.66. The van der Waals surface area contributed by atoms with Crippen molar-refractivity contribution in [3.63, 3.8) is 0 Å². The van der Waals surface area contributed by atoms with Crippen molar-refractivity contribution in [1.82, 2.24) is 0 Å². The van der Waals surface area contributed by atoms with E-state index in [2.05, 4.69) is 34.6 Å². The van der Waals surface area contributed by atoms with Gasteiger partial charge in [-0.2, -0.15) is 0 Å². The summed E-state index contributed by atoms with van der Waals surface area (Å²) in [4.78, 5) is 0. The highest BCUT2D eigenvalue weighted by atomic mass is 28.2. The number of hydrogen-bond donors (Lipinski definition) is 0. The molecule has 0 aromatic heterocycles. The van der Waals surface area contributed by atoms with E-state index < -0.39 is 0 Å². The number of unbranched alkanes of at least 4 members (excludes halogenated alkanes) is 5. The van der Waals surface area contributed by atoms with Crippen molar-refractivity contribution in [1.29, 1.82) is 0 Å². The Kier molecular flexibility index (Phi) is 10.1. The van der Waals surface area contributed by atoms with E-state index in [9.17, 15) is 0 Å². The van der Waals surface area contributed by atoms with Crippen LogP contribution < -0.4 is 0 Å². The predicted molar refractivity (Wildman–Crippen MR) is 86.0 cm³/mol. The van der Waals surface area contributed by atoms with Crippen LogP contribution in [-0.2, 0) is 4.43 Å². The van der Waals surface area contributed by atoms with E-state index in [4.69, 9.17) is 4.43 Å². The third kappa shape index (κ3) is 5.88. The van der Waals surface area contributed by atoms with E-state index in [1.165, 1.54) is 44.9 Å². The first-order valence-electron chi connectivity index (χ1n) is 8.00. The summed E-state index contributed by atoms with van der Waals surface area (Å²) in [5, 5.41) is 0. The van der Waals surface area contributed by atoms with Gasteiger partial charge in [-0.3, -0.25) is 0 Å². The van der Waals surface area contributed by atoms with Crippen LogP contribution in [0.5, 0.6) is 0 Å². The van der Waals surface area contributed by atoms with E-state index >= 15 is 0 Å². The molecule has 0 unspecified atom stereocenters.